The highest BCUT2D eigenvalue weighted by Crippen LogP contribution is 2.41. The van der Waals surface area contributed by atoms with E-state index in [4.69, 9.17) is 16.6 Å². The lowest BCUT2D eigenvalue weighted by Gasteiger charge is -2.12. The molecular formula is C24H19ClF2N4O2S2. The topological polar surface area (TPSA) is 76.1 Å². The van der Waals surface area contributed by atoms with Gasteiger partial charge in [-0.15, -0.1) is 0 Å². The Hall–Kier alpha value is -2.95. The third-order valence-corrected chi connectivity index (χ3v) is 8.68. The van der Waals surface area contributed by atoms with E-state index >= 15 is 0 Å². The van der Waals surface area contributed by atoms with Gasteiger partial charge in [0.1, 0.15) is 16.5 Å². The first-order valence-electron chi connectivity index (χ1n) is 10.8. The molecule has 11 heteroatoms. The number of nitrogens with zero attached hydrogens (tertiary/aromatic N) is 4. The third kappa shape index (κ3) is 4.91. The largest absolute Gasteiger partial charge is 0.348 e. The molecule has 180 valence electrons. The van der Waals surface area contributed by atoms with Crippen LogP contribution in [0.25, 0.3) is 21.8 Å². The summed E-state index contributed by atoms with van der Waals surface area (Å²) in [6, 6.07) is 11.5. The van der Waals surface area contributed by atoms with E-state index in [1.807, 2.05) is 6.07 Å². The molecule has 35 heavy (non-hydrogen) atoms. The normalized spacial score (nSPS) is 14.0. The van der Waals surface area contributed by atoms with Crippen molar-refractivity contribution in [2.24, 2.45) is 0 Å². The fraction of sp³-hybridized carbons (Fsp3) is 0.208. The maximum absolute atomic E-state index is 14.2. The number of hydrogen-bond donors (Lipinski definition) is 0. The van der Waals surface area contributed by atoms with Gasteiger partial charge in [-0.25, -0.2) is 32.2 Å². The minimum atomic E-state index is -4.26. The predicted molar refractivity (Wildman–Crippen MR) is 132 cm³/mol. The lowest BCUT2D eigenvalue weighted by molar-refractivity contribution is 0.519. The van der Waals surface area contributed by atoms with E-state index in [-0.39, 0.29) is 5.28 Å². The Labute approximate surface area is 210 Å². The minimum absolute atomic E-state index is 0.108. The Morgan fingerprint density at radius 3 is 2.43 bits per heavy atom. The number of aromatic nitrogens is 3. The molecule has 1 saturated heterocycles. The summed E-state index contributed by atoms with van der Waals surface area (Å²) in [5.41, 5.74) is 2.28. The molecule has 1 fully saturated rings. The van der Waals surface area contributed by atoms with Crippen LogP contribution in [0.15, 0.2) is 59.6 Å². The van der Waals surface area contributed by atoms with Gasteiger partial charge in [-0.3, -0.25) is 0 Å². The number of rotatable bonds is 6. The zero-order valence-electron chi connectivity index (χ0n) is 18.3. The van der Waals surface area contributed by atoms with Gasteiger partial charge in [0, 0.05) is 24.8 Å². The van der Waals surface area contributed by atoms with Crippen molar-refractivity contribution in [1.29, 1.82) is 0 Å². The van der Waals surface area contributed by atoms with Crippen molar-refractivity contribution in [3.63, 3.8) is 0 Å². The molecule has 4 aromatic rings. The molecule has 0 bridgehead atoms. The van der Waals surface area contributed by atoms with Crippen molar-refractivity contribution >= 4 is 37.9 Å². The molecule has 3 heterocycles. The highest BCUT2D eigenvalue weighted by Gasteiger charge is 2.26. The van der Waals surface area contributed by atoms with E-state index < -0.39 is 32.1 Å². The lowest BCUT2D eigenvalue weighted by Crippen LogP contribution is -2.17. The number of halogens is 3. The summed E-state index contributed by atoms with van der Waals surface area (Å²) in [7, 11) is -4.26. The molecule has 1 aliphatic rings. The molecule has 0 radical (unpaired) electrons. The average Bonchev–Trinajstić information content (AvgIpc) is 3.49. The van der Waals surface area contributed by atoms with Gasteiger partial charge in [0.15, 0.2) is 15.0 Å². The summed E-state index contributed by atoms with van der Waals surface area (Å²) in [6.45, 7) is 1.81. The van der Waals surface area contributed by atoms with Gasteiger partial charge in [0.05, 0.1) is 22.0 Å². The second kappa shape index (κ2) is 9.60. The fourth-order valence-electron chi connectivity index (χ4n) is 4.06. The monoisotopic (exact) mass is 532 g/mol. The number of anilines is 1. The Morgan fingerprint density at radius 2 is 1.71 bits per heavy atom. The maximum Gasteiger partial charge on any atom is 0.222 e. The zero-order chi connectivity index (χ0) is 24.6. The summed E-state index contributed by atoms with van der Waals surface area (Å²) < 4.78 is 54.0. The Bertz CT molecular complexity index is 1480. The Morgan fingerprint density at radius 1 is 1.00 bits per heavy atom. The predicted octanol–water partition coefficient (Wildman–Crippen LogP) is 5.77. The summed E-state index contributed by atoms with van der Waals surface area (Å²) >= 11 is 7.51. The van der Waals surface area contributed by atoms with E-state index in [1.54, 1.807) is 30.5 Å². The molecule has 2 aromatic carbocycles. The summed E-state index contributed by atoms with van der Waals surface area (Å²) in [4.78, 5) is 15.2. The number of benzene rings is 2. The van der Waals surface area contributed by atoms with Gasteiger partial charge >= 0.3 is 0 Å². The highest BCUT2D eigenvalue weighted by molar-refractivity contribution is 7.90. The molecular weight excluding hydrogens is 514 g/mol. The van der Waals surface area contributed by atoms with E-state index in [1.165, 1.54) is 11.3 Å². The van der Waals surface area contributed by atoms with Crippen LogP contribution < -0.4 is 4.90 Å². The van der Waals surface area contributed by atoms with Crippen LogP contribution >= 0.6 is 22.9 Å². The van der Waals surface area contributed by atoms with E-state index in [9.17, 15) is 17.2 Å². The summed E-state index contributed by atoms with van der Waals surface area (Å²) in [5.74, 6) is -2.78. The fourth-order valence-corrected chi connectivity index (χ4v) is 6.81. The molecule has 0 atom stereocenters. The number of thiazole rings is 1. The molecule has 0 spiro atoms. The highest BCUT2D eigenvalue weighted by atomic mass is 35.5. The SMILES string of the molecule is O=S(=O)(Cc1cccc(-c2nc(N3CCCC3)sc2-c2ccnc(Cl)n2)c1)c1c(F)cccc1F. The second-order valence-corrected chi connectivity index (χ2v) is 11.3. The van der Waals surface area contributed by atoms with E-state index in [0.717, 1.165) is 54.1 Å². The summed E-state index contributed by atoms with van der Waals surface area (Å²) in [6.07, 6.45) is 3.74. The first-order valence-corrected chi connectivity index (χ1v) is 13.7. The smallest absolute Gasteiger partial charge is 0.222 e. The van der Waals surface area contributed by atoms with E-state index in [2.05, 4.69) is 14.9 Å². The average molecular weight is 533 g/mol. The van der Waals surface area contributed by atoms with Crippen LogP contribution in [0.3, 0.4) is 0 Å². The lowest BCUT2D eigenvalue weighted by atomic mass is 10.1. The van der Waals surface area contributed by atoms with Crippen LogP contribution in [0.1, 0.15) is 18.4 Å². The Balaban J connectivity index is 1.56. The number of sulfone groups is 1. The first-order chi connectivity index (χ1) is 16.8. The van der Waals surface area contributed by atoms with Gasteiger partial charge in [-0.05, 0) is 54.3 Å². The quantitative estimate of drug-likeness (QED) is 0.293. The van der Waals surface area contributed by atoms with Crippen molar-refractivity contribution in [3.8, 4) is 21.8 Å². The van der Waals surface area contributed by atoms with Crippen molar-refractivity contribution in [3.05, 3.63) is 77.2 Å². The van der Waals surface area contributed by atoms with Crippen LogP contribution in [0, 0.1) is 11.6 Å². The zero-order valence-corrected chi connectivity index (χ0v) is 20.7. The molecule has 0 unspecified atom stereocenters. The van der Waals surface area contributed by atoms with Crippen molar-refractivity contribution < 1.29 is 17.2 Å². The molecule has 1 aliphatic heterocycles. The van der Waals surface area contributed by atoms with Gasteiger partial charge in [-0.1, -0.05) is 35.6 Å². The van der Waals surface area contributed by atoms with Crippen LogP contribution in [0.2, 0.25) is 5.28 Å². The molecule has 0 N–H and O–H groups in total. The molecule has 5 rings (SSSR count). The van der Waals surface area contributed by atoms with Gasteiger partial charge in [0.25, 0.3) is 0 Å². The van der Waals surface area contributed by atoms with Crippen LogP contribution in [-0.2, 0) is 15.6 Å². The standard InChI is InChI=1S/C24H19ClF2N4O2S2/c25-23-28-10-9-19(29-23)21-20(30-24(34-21)31-11-1-2-12-31)16-6-3-5-15(13-16)14-35(32,33)22-17(26)7-4-8-18(22)27/h3-10,13H,1-2,11-12,14H2. The van der Waals surface area contributed by atoms with Gasteiger partial charge in [-0.2, -0.15) is 0 Å². The molecule has 0 saturated carbocycles. The summed E-state index contributed by atoms with van der Waals surface area (Å²) in [5, 5.41) is 0.949. The van der Waals surface area contributed by atoms with Crippen LogP contribution in [0.5, 0.6) is 0 Å². The van der Waals surface area contributed by atoms with Gasteiger partial charge < -0.3 is 4.90 Å². The molecule has 2 aromatic heterocycles. The van der Waals surface area contributed by atoms with E-state index in [0.29, 0.717) is 22.5 Å². The molecule has 0 amide bonds. The molecule has 6 nitrogen and oxygen atoms in total. The van der Waals surface area contributed by atoms with Crippen molar-refractivity contribution in [2.75, 3.05) is 18.0 Å². The van der Waals surface area contributed by atoms with Crippen LogP contribution in [0.4, 0.5) is 13.9 Å². The molecule has 0 aliphatic carbocycles. The van der Waals surface area contributed by atoms with Crippen molar-refractivity contribution in [2.45, 2.75) is 23.5 Å². The third-order valence-electron chi connectivity index (χ3n) is 5.64. The minimum Gasteiger partial charge on any atom is -0.348 e. The van der Waals surface area contributed by atoms with Crippen LogP contribution in [-0.4, -0.2) is 36.5 Å². The van der Waals surface area contributed by atoms with Crippen molar-refractivity contribution in [1.82, 2.24) is 15.0 Å². The maximum atomic E-state index is 14.2. The second-order valence-electron chi connectivity index (χ2n) is 8.09. The number of hydrogen-bond acceptors (Lipinski definition) is 7. The van der Waals surface area contributed by atoms with Gasteiger partial charge in [0.2, 0.25) is 5.28 Å². The first kappa shape index (κ1) is 23.8. The Kier molecular flexibility index (Phi) is 6.52.